The van der Waals surface area contributed by atoms with E-state index in [1.165, 1.54) is 23.9 Å². The summed E-state index contributed by atoms with van der Waals surface area (Å²) in [6.45, 7) is 7.71. The van der Waals surface area contributed by atoms with E-state index in [0.29, 0.717) is 22.1 Å². The minimum Gasteiger partial charge on any atom is -0.406 e. The first-order valence-electron chi connectivity index (χ1n) is 9.58. The third kappa shape index (κ3) is 6.90. The Kier molecular flexibility index (Phi) is 6.81. The summed E-state index contributed by atoms with van der Waals surface area (Å²) in [6.07, 6.45) is 0.185. The summed E-state index contributed by atoms with van der Waals surface area (Å²) >= 11 is 1.30. The number of alkyl halides is 3. The second-order valence-corrected chi connectivity index (χ2v) is 8.71. The second kappa shape index (κ2) is 9.20. The Morgan fingerprint density at radius 1 is 1.06 bits per heavy atom. The average Bonchev–Trinajstić information content (AvgIpc) is 2.68. The van der Waals surface area contributed by atoms with E-state index in [1.54, 1.807) is 38.4 Å². The van der Waals surface area contributed by atoms with Crippen molar-refractivity contribution in [3.05, 3.63) is 78.8 Å². The first kappa shape index (κ1) is 23.0. The number of aryl methyl sites for hydroxylation is 1. The Morgan fingerprint density at radius 3 is 2.29 bits per heavy atom. The largest absolute Gasteiger partial charge is 0.573 e. The molecule has 0 aliphatic carbocycles. The highest BCUT2D eigenvalue weighted by atomic mass is 32.2. The lowest BCUT2D eigenvalue weighted by Gasteiger charge is -2.26. The van der Waals surface area contributed by atoms with Crippen LogP contribution in [0.25, 0.3) is 0 Å². The van der Waals surface area contributed by atoms with Crippen molar-refractivity contribution in [1.82, 2.24) is 0 Å². The molecule has 1 aliphatic rings. The van der Waals surface area contributed by atoms with Crippen molar-refractivity contribution in [2.45, 2.75) is 43.5 Å². The van der Waals surface area contributed by atoms with E-state index in [9.17, 15) is 18.3 Å². The average molecular weight is 449 g/mol. The van der Waals surface area contributed by atoms with Gasteiger partial charge in [0.25, 0.3) is 0 Å². The Hall–Kier alpha value is -2.71. The molecule has 0 fully saturated rings. The number of aliphatic hydroxyl groups is 1. The molecule has 0 atom stereocenters. The van der Waals surface area contributed by atoms with Crippen LogP contribution in [0.1, 0.15) is 25.8 Å². The quantitative estimate of drug-likeness (QED) is 0.565. The normalized spacial score (nSPS) is 14.6. The summed E-state index contributed by atoms with van der Waals surface area (Å²) in [5.74, 6) is -0.271. The van der Waals surface area contributed by atoms with Crippen LogP contribution in [0.15, 0.2) is 83.1 Å². The molecular weight excluding hydrogens is 425 g/mol. The van der Waals surface area contributed by atoms with Crippen LogP contribution in [0.5, 0.6) is 5.75 Å². The zero-order chi connectivity index (χ0) is 22.6. The van der Waals surface area contributed by atoms with Gasteiger partial charge in [0.05, 0.1) is 11.3 Å². The molecule has 8 heteroatoms. The number of hydrogen-bond donors (Lipinski definition) is 1. The van der Waals surface area contributed by atoms with Crippen molar-refractivity contribution in [2.24, 2.45) is 4.99 Å². The van der Waals surface area contributed by atoms with E-state index in [-0.39, 0.29) is 5.75 Å². The minimum absolute atomic E-state index is 0.271. The van der Waals surface area contributed by atoms with E-state index < -0.39 is 12.0 Å². The van der Waals surface area contributed by atoms with E-state index in [1.807, 2.05) is 29.2 Å². The highest BCUT2D eigenvalue weighted by molar-refractivity contribution is 8.14. The second-order valence-electron chi connectivity index (χ2n) is 7.65. The molecule has 31 heavy (non-hydrogen) atoms. The number of thioether (sulfide) groups is 1. The molecule has 0 bridgehead atoms. The maximum atomic E-state index is 12.3. The highest BCUT2D eigenvalue weighted by Crippen LogP contribution is 2.32. The van der Waals surface area contributed by atoms with Crippen LogP contribution in [0.4, 0.5) is 18.9 Å². The summed E-state index contributed by atoms with van der Waals surface area (Å²) in [7, 11) is 0. The number of halogens is 3. The molecule has 1 N–H and O–H groups in total. The van der Waals surface area contributed by atoms with Gasteiger partial charge in [-0.2, -0.15) is 0 Å². The molecule has 0 saturated carbocycles. The van der Waals surface area contributed by atoms with Crippen LogP contribution < -0.4 is 9.64 Å². The van der Waals surface area contributed by atoms with E-state index in [0.717, 1.165) is 17.7 Å². The van der Waals surface area contributed by atoms with Crippen LogP contribution in [-0.4, -0.2) is 22.1 Å². The first-order chi connectivity index (χ1) is 14.5. The van der Waals surface area contributed by atoms with Gasteiger partial charge in [-0.25, -0.2) is 4.99 Å². The lowest BCUT2D eigenvalue weighted by molar-refractivity contribution is -0.274. The van der Waals surface area contributed by atoms with E-state index in [4.69, 9.17) is 0 Å². The fourth-order valence-corrected chi connectivity index (χ4v) is 3.68. The van der Waals surface area contributed by atoms with Gasteiger partial charge in [0.15, 0.2) is 0 Å². The maximum absolute atomic E-state index is 12.3. The monoisotopic (exact) mass is 448 g/mol. The molecular formula is C23H23F3N2O2S. The smallest absolute Gasteiger partial charge is 0.406 e. The van der Waals surface area contributed by atoms with E-state index in [2.05, 4.69) is 16.3 Å². The number of hydrogen-bond acceptors (Lipinski definition) is 5. The topological polar surface area (TPSA) is 45.1 Å². The molecule has 2 aromatic carbocycles. The molecule has 164 valence electrons. The molecule has 0 radical (unpaired) electrons. The fraction of sp³-hybridized carbons (Fsp3) is 0.261. The molecule has 1 heterocycles. The van der Waals surface area contributed by atoms with Crippen molar-refractivity contribution >= 4 is 22.5 Å². The Balaban J connectivity index is 1.65. The molecule has 4 nitrogen and oxygen atoms in total. The predicted octanol–water partition coefficient (Wildman–Crippen LogP) is 6.28. The number of aliphatic imine (C=N–C) groups is 1. The lowest BCUT2D eigenvalue weighted by atomic mass is 9.99. The number of nitrogens with zero attached hydrogens (tertiary/aromatic N) is 2. The zero-order valence-electron chi connectivity index (χ0n) is 17.2. The summed E-state index contributed by atoms with van der Waals surface area (Å²) in [4.78, 5) is 6.97. The lowest BCUT2D eigenvalue weighted by Crippen LogP contribution is -2.22. The van der Waals surface area contributed by atoms with Gasteiger partial charge in [-0.15, -0.1) is 13.2 Å². The number of benzene rings is 2. The summed E-state index contributed by atoms with van der Waals surface area (Å²) in [5.41, 5.74) is 1.99. The molecule has 1 aliphatic heterocycles. The minimum atomic E-state index is -4.72. The fourth-order valence-electron chi connectivity index (χ4n) is 2.86. The number of ether oxygens (including phenoxy) is 1. The standard InChI is InChI=1S/C23H23F3N2O2S/c1-16-21(31-20-10-8-19(9-11-20)30-23(24,25)26)27-14-15-28(16)18-6-4-17(5-7-18)12-13-22(2,3)29/h4-11,14-15,29H,1,12-13H2,2-3H3. The zero-order valence-corrected chi connectivity index (χ0v) is 18.0. The van der Waals surface area contributed by atoms with Gasteiger partial charge in [0.1, 0.15) is 10.8 Å². The predicted molar refractivity (Wildman–Crippen MR) is 118 cm³/mol. The van der Waals surface area contributed by atoms with Gasteiger partial charge >= 0.3 is 6.36 Å². The molecule has 0 saturated heterocycles. The van der Waals surface area contributed by atoms with Crippen LogP contribution in [0.3, 0.4) is 0 Å². The van der Waals surface area contributed by atoms with Gasteiger partial charge in [0, 0.05) is 23.0 Å². The van der Waals surface area contributed by atoms with Crippen molar-refractivity contribution in [1.29, 1.82) is 0 Å². The molecule has 0 spiro atoms. The number of anilines is 1. The maximum Gasteiger partial charge on any atom is 0.573 e. The first-order valence-corrected chi connectivity index (χ1v) is 10.4. The molecule has 2 aromatic rings. The van der Waals surface area contributed by atoms with Crippen molar-refractivity contribution in [3.63, 3.8) is 0 Å². The molecule has 0 aromatic heterocycles. The summed E-state index contributed by atoms with van der Waals surface area (Å²) in [6, 6.07) is 13.6. The van der Waals surface area contributed by atoms with Crippen LogP contribution in [0.2, 0.25) is 0 Å². The SMILES string of the molecule is C=C1C(Sc2ccc(OC(F)(F)F)cc2)=NC=CN1c1ccc(CCC(C)(C)O)cc1. The number of rotatable bonds is 6. The van der Waals surface area contributed by atoms with Gasteiger partial charge < -0.3 is 14.7 Å². The van der Waals surface area contributed by atoms with Crippen molar-refractivity contribution in [2.75, 3.05) is 4.90 Å². The summed E-state index contributed by atoms with van der Waals surface area (Å²) < 4.78 is 40.8. The third-order valence-corrected chi connectivity index (χ3v) is 5.50. The van der Waals surface area contributed by atoms with Gasteiger partial charge in [-0.3, -0.25) is 0 Å². The van der Waals surface area contributed by atoms with Crippen molar-refractivity contribution in [3.8, 4) is 5.75 Å². The van der Waals surface area contributed by atoms with Crippen LogP contribution >= 0.6 is 11.8 Å². The van der Waals surface area contributed by atoms with Crippen LogP contribution in [0, 0.1) is 0 Å². The molecule has 0 amide bonds. The van der Waals surface area contributed by atoms with Gasteiger partial charge in [-0.05, 0) is 68.7 Å². The van der Waals surface area contributed by atoms with E-state index >= 15 is 0 Å². The molecule has 3 rings (SSSR count). The highest BCUT2D eigenvalue weighted by Gasteiger charge is 2.31. The van der Waals surface area contributed by atoms with Crippen molar-refractivity contribution < 1.29 is 23.0 Å². The van der Waals surface area contributed by atoms with Gasteiger partial charge in [0.2, 0.25) is 0 Å². The Bertz CT molecular complexity index is 976. The Morgan fingerprint density at radius 2 is 1.71 bits per heavy atom. The molecule has 0 unspecified atom stereocenters. The van der Waals surface area contributed by atoms with Gasteiger partial charge in [-0.1, -0.05) is 30.5 Å². The van der Waals surface area contributed by atoms with Crippen LogP contribution in [-0.2, 0) is 6.42 Å². The third-order valence-electron chi connectivity index (χ3n) is 4.46. The summed E-state index contributed by atoms with van der Waals surface area (Å²) in [5, 5.41) is 10.5. The Labute approximate surface area is 183 Å².